The van der Waals surface area contributed by atoms with Gasteiger partial charge in [-0.05, 0) is 48.7 Å². The molecule has 5 rings (SSSR count). The average molecular weight is 453 g/mol. The van der Waals surface area contributed by atoms with Crippen molar-refractivity contribution in [3.63, 3.8) is 0 Å². The Balaban J connectivity index is 1.65. The van der Waals surface area contributed by atoms with E-state index in [0.717, 1.165) is 5.56 Å². The molecule has 4 aromatic rings. The predicted molar refractivity (Wildman–Crippen MR) is 127 cm³/mol. The lowest BCUT2D eigenvalue weighted by atomic mass is 9.96. The number of benzene rings is 2. The quantitative estimate of drug-likeness (QED) is 0.270. The number of likely N-dealkylation sites (tertiary alicyclic amines) is 1. The van der Waals surface area contributed by atoms with Crippen molar-refractivity contribution < 1.29 is 19.8 Å². The van der Waals surface area contributed by atoms with Gasteiger partial charge in [-0.3, -0.25) is 14.0 Å². The number of fused-ring (bicyclic) bond motifs is 1. The Bertz CT molecular complexity index is 1420. The largest absolute Gasteiger partial charge is 0.508 e. The fourth-order valence-corrected chi connectivity index (χ4v) is 4.53. The van der Waals surface area contributed by atoms with Crippen LogP contribution in [-0.2, 0) is 16.0 Å². The van der Waals surface area contributed by atoms with Crippen LogP contribution in [0.1, 0.15) is 28.6 Å². The topological polar surface area (TPSA) is 95.1 Å². The molecule has 3 heterocycles. The summed E-state index contributed by atoms with van der Waals surface area (Å²) in [7, 11) is 0. The number of hydrogen-bond donors (Lipinski definition) is 2. The number of amides is 1. The van der Waals surface area contributed by atoms with Crippen molar-refractivity contribution in [3.8, 4) is 5.75 Å². The van der Waals surface area contributed by atoms with Crippen molar-refractivity contribution >= 4 is 23.1 Å². The number of nitrogens with zero attached hydrogens (tertiary/aromatic N) is 3. The van der Waals surface area contributed by atoms with Gasteiger partial charge in [0.15, 0.2) is 5.76 Å². The van der Waals surface area contributed by atoms with Gasteiger partial charge in [0.05, 0.1) is 17.3 Å². The van der Waals surface area contributed by atoms with Crippen molar-refractivity contribution in [2.45, 2.75) is 19.4 Å². The normalized spacial score (nSPS) is 17.6. The molecule has 34 heavy (non-hydrogen) atoms. The summed E-state index contributed by atoms with van der Waals surface area (Å²) < 4.78 is 1.70. The van der Waals surface area contributed by atoms with Gasteiger partial charge >= 0.3 is 0 Å². The molecule has 1 amide bonds. The maximum absolute atomic E-state index is 13.3. The van der Waals surface area contributed by atoms with E-state index in [1.165, 1.54) is 17.0 Å². The van der Waals surface area contributed by atoms with Crippen LogP contribution in [0.2, 0.25) is 0 Å². The first-order valence-electron chi connectivity index (χ1n) is 11.0. The Morgan fingerprint density at radius 2 is 1.68 bits per heavy atom. The number of aliphatic hydroxyl groups excluding tert-OH is 1. The van der Waals surface area contributed by atoms with Gasteiger partial charge in [0.1, 0.15) is 17.1 Å². The lowest BCUT2D eigenvalue weighted by Crippen LogP contribution is -2.31. The molecule has 1 unspecified atom stereocenters. The summed E-state index contributed by atoms with van der Waals surface area (Å²) in [6.07, 6.45) is 2.31. The van der Waals surface area contributed by atoms with Gasteiger partial charge in [0, 0.05) is 12.7 Å². The van der Waals surface area contributed by atoms with E-state index in [2.05, 4.69) is 4.98 Å². The lowest BCUT2D eigenvalue weighted by Gasteiger charge is -2.25. The number of aromatic hydroxyl groups is 1. The first-order chi connectivity index (χ1) is 16.5. The summed E-state index contributed by atoms with van der Waals surface area (Å²) in [5.41, 5.74) is 3.21. The van der Waals surface area contributed by atoms with E-state index >= 15 is 0 Å². The molecular weight excluding hydrogens is 430 g/mol. The van der Waals surface area contributed by atoms with Crippen LogP contribution in [0.3, 0.4) is 0 Å². The third kappa shape index (κ3) is 3.61. The fraction of sp³-hybridized carbons (Fsp3) is 0.148. The van der Waals surface area contributed by atoms with Crippen molar-refractivity contribution in [1.29, 1.82) is 0 Å². The van der Waals surface area contributed by atoms with Crippen LogP contribution in [0.15, 0.2) is 84.6 Å². The summed E-state index contributed by atoms with van der Waals surface area (Å²) in [5.74, 6) is -1.60. The molecule has 0 spiro atoms. The molecule has 1 aliphatic rings. The Hall–Kier alpha value is -4.39. The van der Waals surface area contributed by atoms with Crippen LogP contribution in [0.4, 0.5) is 0 Å². The monoisotopic (exact) mass is 453 g/mol. The van der Waals surface area contributed by atoms with Crippen molar-refractivity contribution in [2.24, 2.45) is 0 Å². The zero-order valence-corrected chi connectivity index (χ0v) is 18.5. The minimum Gasteiger partial charge on any atom is -0.508 e. The number of Topliss-reactive ketones (excluding diaryl/α,β-unsaturated/α-hetero) is 1. The zero-order chi connectivity index (χ0) is 23.8. The molecule has 170 valence electrons. The van der Waals surface area contributed by atoms with Crippen LogP contribution >= 0.6 is 0 Å². The molecule has 0 saturated carbocycles. The minimum atomic E-state index is -0.794. The standard InChI is InChI=1S/C27H23N3O4/c1-17-23(29-15-6-5-9-21(29)28-17)25(32)22-24(19-10-12-20(31)13-11-19)30(27(34)26(22)33)16-14-18-7-3-2-4-8-18/h2-13,15,24,31-32H,14,16H2,1H3/b25-22+. The number of pyridine rings is 1. The molecule has 0 bridgehead atoms. The summed E-state index contributed by atoms with van der Waals surface area (Å²) >= 11 is 0. The van der Waals surface area contributed by atoms with Crippen LogP contribution in [-0.4, -0.2) is 42.7 Å². The van der Waals surface area contributed by atoms with E-state index in [0.29, 0.717) is 35.6 Å². The van der Waals surface area contributed by atoms with E-state index in [-0.39, 0.29) is 17.1 Å². The third-order valence-corrected chi connectivity index (χ3v) is 6.16. The van der Waals surface area contributed by atoms with Gasteiger partial charge in [0.2, 0.25) is 0 Å². The number of carbonyl (C=O) groups is 2. The number of aryl methyl sites for hydroxylation is 1. The Kier molecular flexibility index (Phi) is 5.37. The summed E-state index contributed by atoms with van der Waals surface area (Å²) in [4.78, 5) is 32.4. The highest BCUT2D eigenvalue weighted by molar-refractivity contribution is 6.46. The molecule has 1 atom stereocenters. The number of ketones is 1. The van der Waals surface area contributed by atoms with E-state index in [1.807, 2.05) is 36.4 Å². The molecule has 0 aliphatic carbocycles. The molecule has 2 N–H and O–H groups in total. The second-order valence-corrected chi connectivity index (χ2v) is 8.29. The molecule has 0 radical (unpaired) electrons. The van der Waals surface area contributed by atoms with Crippen LogP contribution in [0, 0.1) is 6.92 Å². The Labute approximate surface area is 196 Å². The van der Waals surface area contributed by atoms with E-state index in [4.69, 9.17) is 0 Å². The van der Waals surface area contributed by atoms with Gasteiger partial charge in [-0.15, -0.1) is 0 Å². The van der Waals surface area contributed by atoms with Crippen LogP contribution < -0.4 is 0 Å². The molecule has 2 aromatic carbocycles. The van der Waals surface area contributed by atoms with Gasteiger partial charge in [-0.2, -0.15) is 0 Å². The maximum atomic E-state index is 13.3. The number of hydrogen-bond acceptors (Lipinski definition) is 5. The van der Waals surface area contributed by atoms with Crippen molar-refractivity contribution in [1.82, 2.24) is 14.3 Å². The molecule has 1 aliphatic heterocycles. The van der Waals surface area contributed by atoms with Gasteiger partial charge in [0.25, 0.3) is 11.7 Å². The number of phenols is 1. The highest BCUT2D eigenvalue weighted by Crippen LogP contribution is 2.40. The summed E-state index contributed by atoms with van der Waals surface area (Å²) in [5, 5.41) is 21.2. The maximum Gasteiger partial charge on any atom is 0.295 e. The number of rotatable bonds is 5. The number of carbonyl (C=O) groups excluding carboxylic acids is 2. The molecule has 1 saturated heterocycles. The molecule has 7 heteroatoms. The Morgan fingerprint density at radius 1 is 0.971 bits per heavy atom. The summed E-state index contributed by atoms with van der Waals surface area (Å²) in [6.45, 7) is 2.05. The SMILES string of the molecule is Cc1nc2ccccn2c1/C(O)=C1\C(=O)C(=O)N(CCc2ccccc2)C1c1ccc(O)cc1. The number of imidazole rings is 1. The zero-order valence-electron chi connectivity index (χ0n) is 18.5. The molecule has 1 fully saturated rings. The smallest absolute Gasteiger partial charge is 0.295 e. The fourth-order valence-electron chi connectivity index (χ4n) is 4.53. The summed E-state index contributed by atoms with van der Waals surface area (Å²) in [6, 6.07) is 20.7. The van der Waals surface area contributed by atoms with E-state index < -0.39 is 17.7 Å². The van der Waals surface area contributed by atoms with Gasteiger partial charge in [-0.1, -0.05) is 48.5 Å². The molecule has 7 nitrogen and oxygen atoms in total. The van der Waals surface area contributed by atoms with Gasteiger partial charge < -0.3 is 15.1 Å². The second kappa shape index (κ2) is 8.51. The first kappa shape index (κ1) is 21.5. The Morgan fingerprint density at radius 3 is 2.41 bits per heavy atom. The molecule has 2 aromatic heterocycles. The van der Waals surface area contributed by atoms with Gasteiger partial charge in [-0.25, -0.2) is 4.98 Å². The first-order valence-corrected chi connectivity index (χ1v) is 11.0. The van der Waals surface area contributed by atoms with Crippen LogP contribution in [0.25, 0.3) is 11.4 Å². The number of aliphatic hydroxyl groups is 1. The molecular formula is C27H23N3O4. The lowest BCUT2D eigenvalue weighted by molar-refractivity contribution is -0.139. The van der Waals surface area contributed by atoms with Crippen molar-refractivity contribution in [3.05, 3.63) is 107 Å². The van der Waals surface area contributed by atoms with E-state index in [9.17, 15) is 19.8 Å². The predicted octanol–water partition coefficient (Wildman–Crippen LogP) is 4.01. The second-order valence-electron chi connectivity index (χ2n) is 8.29. The number of phenolic OH excluding ortho intramolecular Hbond substituents is 1. The highest BCUT2D eigenvalue weighted by Gasteiger charge is 2.46. The average Bonchev–Trinajstić information content (AvgIpc) is 3.31. The number of aromatic nitrogens is 2. The minimum absolute atomic E-state index is 0.0116. The third-order valence-electron chi connectivity index (χ3n) is 6.16. The highest BCUT2D eigenvalue weighted by atomic mass is 16.3. The van der Waals surface area contributed by atoms with Crippen molar-refractivity contribution in [2.75, 3.05) is 6.54 Å². The van der Waals surface area contributed by atoms with Crippen LogP contribution in [0.5, 0.6) is 5.75 Å². The van der Waals surface area contributed by atoms with E-state index in [1.54, 1.807) is 41.8 Å².